The molecule has 26 heavy (non-hydrogen) atoms. The first-order valence-electron chi connectivity index (χ1n) is 9.24. The lowest BCUT2D eigenvalue weighted by atomic mass is 9.97. The topological polar surface area (TPSA) is 58.1 Å². The number of rotatable bonds is 6. The van der Waals surface area contributed by atoms with Gasteiger partial charge in [-0.1, -0.05) is 29.8 Å². The highest BCUT2D eigenvalue weighted by atomic mass is 16.1. The monoisotopic (exact) mass is 350 g/mol. The van der Waals surface area contributed by atoms with E-state index in [-0.39, 0.29) is 5.91 Å². The smallest absolute Gasteiger partial charge is 0.270 e. The van der Waals surface area contributed by atoms with Gasteiger partial charge in [0.1, 0.15) is 17.3 Å². The van der Waals surface area contributed by atoms with Crippen molar-refractivity contribution in [3.63, 3.8) is 0 Å². The Kier molecular flexibility index (Phi) is 6.00. The van der Waals surface area contributed by atoms with Crippen molar-refractivity contribution in [2.24, 2.45) is 0 Å². The first-order valence-corrected chi connectivity index (χ1v) is 9.24. The van der Waals surface area contributed by atoms with E-state index in [0.717, 1.165) is 18.5 Å². The van der Waals surface area contributed by atoms with Gasteiger partial charge in [-0.15, -0.1) is 0 Å². The van der Waals surface area contributed by atoms with Gasteiger partial charge in [0.15, 0.2) is 0 Å². The van der Waals surface area contributed by atoms with Gasteiger partial charge in [0.25, 0.3) is 5.91 Å². The van der Waals surface area contributed by atoms with E-state index >= 15 is 0 Å². The van der Waals surface area contributed by atoms with E-state index in [1.807, 2.05) is 49.2 Å². The molecule has 5 nitrogen and oxygen atoms in total. The molecule has 3 rings (SSSR count). The van der Waals surface area contributed by atoms with E-state index in [1.165, 1.54) is 24.8 Å². The molecular formula is C21H26N4O. The number of aryl methyl sites for hydroxylation is 1. The molecule has 0 bridgehead atoms. The molecule has 5 heteroatoms. The molecule has 1 aromatic heterocycles. The minimum Gasteiger partial charge on any atom is -0.350 e. The van der Waals surface area contributed by atoms with Gasteiger partial charge >= 0.3 is 0 Å². The Morgan fingerprint density at radius 1 is 1.19 bits per heavy atom. The van der Waals surface area contributed by atoms with Crippen LogP contribution in [-0.4, -0.2) is 29.5 Å². The van der Waals surface area contributed by atoms with Gasteiger partial charge in [0.2, 0.25) is 0 Å². The number of amides is 1. The minimum atomic E-state index is -0.144. The van der Waals surface area contributed by atoms with E-state index in [4.69, 9.17) is 0 Å². The van der Waals surface area contributed by atoms with Crippen LogP contribution in [0.25, 0.3) is 0 Å². The van der Waals surface area contributed by atoms with Crippen molar-refractivity contribution in [3.8, 4) is 0 Å². The van der Waals surface area contributed by atoms with Crippen LogP contribution in [0.4, 0.5) is 11.5 Å². The third-order valence-corrected chi connectivity index (χ3v) is 4.66. The number of para-hydroxylation sites is 1. The lowest BCUT2D eigenvalue weighted by Gasteiger charge is -2.19. The molecule has 0 fully saturated rings. The van der Waals surface area contributed by atoms with Gasteiger partial charge in [0, 0.05) is 25.3 Å². The van der Waals surface area contributed by atoms with E-state index in [9.17, 15) is 4.79 Å². The number of carbonyl (C=O) groups excluding carboxylic acids is 1. The Hall–Kier alpha value is -2.69. The molecular weight excluding hydrogens is 324 g/mol. The molecule has 0 radical (unpaired) electrons. The van der Waals surface area contributed by atoms with Crippen LogP contribution < -0.4 is 10.2 Å². The van der Waals surface area contributed by atoms with E-state index in [1.54, 1.807) is 6.07 Å². The largest absolute Gasteiger partial charge is 0.350 e. The van der Waals surface area contributed by atoms with Crippen molar-refractivity contribution >= 4 is 17.4 Å². The maximum atomic E-state index is 12.5. The molecule has 1 N–H and O–H groups in total. The van der Waals surface area contributed by atoms with E-state index < -0.39 is 0 Å². The highest BCUT2D eigenvalue weighted by molar-refractivity contribution is 5.93. The summed E-state index contributed by atoms with van der Waals surface area (Å²) in [4.78, 5) is 23.2. The Bertz CT molecular complexity index is 786. The Balaban J connectivity index is 1.66. The Labute approximate surface area is 155 Å². The van der Waals surface area contributed by atoms with Crippen LogP contribution >= 0.6 is 0 Å². The summed E-state index contributed by atoms with van der Waals surface area (Å²) in [5.41, 5.74) is 2.88. The van der Waals surface area contributed by atoms with Crippen molar-refractivity contribution in [1.82, 2.24) is 15.3 Å². The van der Waals surface area contributed by atoms with Gasteiger partial charge in [-0.2, -0.15) is 0 Å². The van der Waals surface area contributed by atoms with Crippen LogP contribution in [0.1, 0.15) is 48.4 Å². The summed E-state index contributed by atoms with van der Waals surface area (Å²) in [7, 11) is 1.94. The summed E-state index contributed by atoms with van der Waals surface area (Å²) in [5.74, 6) is 1.16. The molecule has 2 aromatic rings. The molecule has 1 aliphatic carbocycles. The molecule has 0 saturated heterocycles. The third kappa shape index (κ3) is 4.69. The molecule has 0 saturated carbocycles. The quantitative estimate of drug-likeness (QED) is 0.794. The SMILES string of the molecule is Cc1nc(C(=O)NCCC2=CCCCC2)cc(N(C)c2ccccc2)n1. The molecule has 1 aliphatic rings. The number of hydrogen-bond acceptors (Lipinski definition) is 4. The second-order valence-corrected chi connectivity index (χ2v) is 6.67. The zero-order valence-electron chi connectivity index (χ0n) is 15.5. The van der Waals surface area contributed by atoms with Crippen LogP contribution in [-0.2, 0) is 0 Å². The number of nitrogens with one attached hydrogen (secondary N) is 1. The van der Waals surface area contributed by atoms with Crippen LogP contribution in [0.15, 0.2) is 48.0 Å². The van der Waals surface area contributed by atoms with Crippen LogP contribution in [0.3, 0.4) is 0 Å². The number of allylic oxidation sites excluding steroid dienone is 1. The van der Waals surface area contributed by atoms with Gasteiger partial charge < -0.3 is 10.2 Å². The molecule has 0 aliphatic heterocycles. The zero-order chi connectivity index (χ0) is 18.4. The summed E-state index contributed by atoms with van der Waals surface area (Å²) in [6.07, 6.45) is 8.12. The average molecular weight is 350 g/mol. The highest BCUT2D eigenvalue weighted by Gasteiger charge is 2.13. The summed E-state index contributed by atoms with van der Waals surface area (Å²) in [6.45, 7) is 2.46. The number of aromatic nitrogens is 2. The predicted molar refractivity (Wildman–Crippen MR) is 105 cm³/mol. The molecule has 136 valence electrons. The fourth-order valence-electron chi connectivity index (χ4n) is 3.18. The number of nitrogens with zero attached hydrogens (tertiary/aromatic N) is 3. The van der Waals surface area contributed by atoms with Gasteiger partial charge in [-0.05, 0) is 51.2 Å². The molecule has 0 spiro atoms. The maximum absolute atomic E-state index is 12.5. The summed E-state index contributed by atoms with van der Waals surface area (Å²) < 4.78 is 0. The van der Waals surface area contributed by atoms with Crippen molar-refractivity contribution in [3.05, 3.63) is 59.6 Å². The molecule has 0 atom stereocenters. The summed E-state index contributed by atoms with van der Waals surface area (Å²) >= 11 is 0. The van der Waals surface area contributed by atoms with Gasteiger partial charge in [-0.3, -0.25) is 4.79 Å². The van der Waals surface area contributed by atoms with E-state index in [0.29, 0.717) is 23.9 Å². The van der Waals surface area contributed by atoms with Crippen molar-refractivity contribution < 1.29 is 4.79 Å². The summed E-state index contributed by atoms with van der Waals surface area (Å²) in [6, 6.07) is 11.7. The van der Waals surface area contributed by atoms with Crippen LogP contribution in [0.2, 0.25) is 0 Å². The van der Waals surface area contributed by atoms with Crippen LogP contribution in [0.5, 0.6) is 0 Å². The number of benzene rings is 1. The fourth-order valence-corrected chi connectivity index (χ4v) is 3.18. The molecule has 1 heterocycles. The first kappa shape index (κ1) is 18.1. The number of carbonyl (C=O) groups is 1. The van der Waals surface area contributed by atoms with E-state index in [2.05, 4.69) is 21.4 Å². The second kappa shape index (κ2) is 8.61. The van der Waals surface area contributed by atoms with Crippen molar-refractivity contribution in [2.75, 3.05) is 18.5 Å². The number of hydrogen-bond donors (Lipinski definition) is 1. The lowest BCUT2D eigenvalue weighted by molar-refractivity contribution is 0.0948. The molecule has 1 aromatic carbocycles. The maximum Gasteiger partial charge on any atom is 0.270 e. The zero-order valence-corrected chi connectivity index (χ0v) is 15.5. The molecule has 1 amide bonds. The van der Waals surface area contributed by atoms with Gasteiger partial charge in [-0.25, -0.2) is 9.97 Å². The second-order valence-electron chi connectivity index (χ2n) is 6.67. The third-order valence-electron chi connectivity index (χ3n) is 4.66. The summed E-state index contributed by atoms with van der Waals surface area (Å²) in [5, 5.41) is 2.99. The minimum absolute atomic E-state index is 0.144. The fraction of sp³-hybridized carbons (Fsp3) is 0.381. The average Bonchev–Trinajstić information content (AvgIpc) is 2.68. The Morgan fingerprint density at radius 2 is 2.00 bits per heavy atom. The van der Waals surface area contributed by atoms with Crippen molar-refractivity contribution in [2.45, 2.75) is 39.0 Å². The Morgan fingerprint density at radius 3 is 2.73 bits per heavy atom. The van der Waals surface area contributed by atoms with Crippen molar-refractivity contribution in [1.29, 1.82) is 0 Å². The highest BCUT2D eigenvalue weighted by Crippen LogP contribution is 2.22. The number of anilines is 2. The first-order chi connectivity index (χ1) is 12.6. The predicted octanol–water partition coefficient (Wildman–Crippen LogP) is 4.17. The molecule has 0 unspecified atom stereocenters. The van der Waals surface area contributed by atoms with Crippen LogP contribution in [0, 0.1) is 6.92 Å². The normalized spacial score (nSPS) is 13.8. The lowest BCUT2D eigenvalue weighted by Crippen LogP contribution is -2.26. The van der Waals surface area contributed by atoms with Gasteiger partial charge in [0.05, 0.1) is 0 Å². The standard InChI is InChI=1S/C21H26N4O/c1-16-23-19(21(26)22-14-13-17-9-5-3-6-10-17)15-20(24-16)25(2)18-11-7-4-8-12-18/h4,7-9,11-12,15H,3,5-6,10,13-14H2,1-2H3,(H,22,26).